The topological polar surface area (TPSA) is 81.0 Å². The molecule has 146 valence electrons. The van der Waals surface area contributed by atoms with Gasteiger partial charge in [0, 0.05) is 26.2 Å². The van der Waals surface area contributed by atoms with Gasteiger partial charge in [-0.05, 0) is 37.1 Å². The van der Waals surface area contributed by atoms with Crippen LogP contribution in [0.4, 0.5) is 0 Å². The van der Waals surface area contributed by atoms with Gasteiger partial charge in [-0.25, -0.2) is 4.79 Å². The van der Waals surface area contributed by atoms with E-state index in [1.54, 1.807) is 13.2 Å². The van der Waals surface area contributed by atoms with E-state index in [-0.39, 0.29) is 12.3 Å². The molecule has 1 saturated heterocycles. The summed E-state index contributed by atoms with van der Waals surface area (Å²) >= 11 is 0. The van der Waals surface area contributed by atoms with Gasteiger partial charge in [0.1, 0.15) is 11.3 Å². The number of nitrogens with one attached hydrogen (secondary N) is 1. The Bertz CT molecular complexity index is 884. The number of hydrogen-bond acceptors (Lipinski definition) is 6. The van der Waals surface area contributed by atoms with Crippen molar-refractivity contribution >= 4 is 16.9 Å². The highest BCUT2D eigenvalue weighted by atomic mass is 16.5. The number of methoxy groups -OCH3 is 1. The molecule has 0 radical (unpaired) electrons. The quantitative estimate of drug-likeness (QED) is 0.770. The van der Waals surface area contributed by atoms with E-state index in [1.807, 2.05) is 19.9 Å². The normalized spacial score (nSPS) is 15.1. The third-order valence-corrected chi connectivity index (χ3v) is 4.90. The fraction of sp³-hybridized carbons (Fsp3) is 0.500. The van der Waals surface area contributed by atoms with Gasteiger partial charge in [-0.3, -0.25) is 9.69 Å². The van der Waals surface area contributed by atoms with Crippen LogP contribution in [-0.4, -0.2) is 57.3 Å². The zero-order chi connectivity index (χ0) is 19.4. The van der Waals surface area contributed by atoms with Crippen LogP contribution in [0.5, 0.6) is 5.75 Å². The van der Waals surface area contributed by atoms with Gasteiger partial charge < -0.3 is 19.2 Å². The van der Waals surface area contributed by atoms with Crippen LogP contribution < -0.4 is 15.7 Å². The third-order valence-electron chi connectivity index (χ3n) is 4.90. The van der Waals surface area contributed by atoms with Gasteiger partial charge in [0.05, 0.1) is 37.7 Å². The fourth-order valence-electron chi connectivity index (χ4n) is 3.40. The van der Waals surface area contributed by atoms with E-state index in [0.717, 1.165) is 49.4 Å². The molecule has 0 spiro atoms. The molecule has 0 unspecified atom stereocenters. The number of nitrogens with zero attached hydrogens (tertiary/aromatic N) is 1. The number of hydrogen-bond donors (Lipinski definition) is 1. The average molecular weight is 374 g/mol. The van der Waals surface area contributed by atoms with Gasteiger partial charge in [-0.1, -0.05) is 0 Å². The van der Waals surface area contributed by atoms with Crippen molar-refractivity contribution in [3.8, 4) is 5.75 Å². The van der Waals surface area contributed by atoms with Crippen LogP contribution in [0.3, 0.4) is 0 Å². The summed E-state index contributed by atoms with van der Waals surface area (Å²) in [4.78, 5) is 27.0. The summed E-state index contributed by atoms with van der Waals surface area (Å²) < 4.78 is 16.2. The highest BCUT2D eigenvalue weighted by Crippen LogP contribution is 2.30. The minimum Gasteiger partial charge on any atom is -0.496 e. The number of rotatable bonds is 6. The monoisotopic (exact) mass is 374 g/mol. The highest BCUT2D eigenvalue weighted by molar-refractivity contribution is 5.89. The molecule has 3 rings (SSSR count). The molecule has 1 aliphatic heterocycles. The molecule has 0 aliphatic carbocycles. The maximum absolute atomic E-state index is 12.4. The van der Waals surface area contributed by atoms with E-state index in [9.17, 15) is 9.59 Å². The van der Waals surface area contributed by atoms with Crippen LogP contribution in [0.2, 0.25) is 0 Å². The van der Waals surface area contributed by atoms with E-state index in [2.05, 4.69) is 10.2 Å². The van der Waals surface area contributed by atoms with Crippen molar-refractivity contribution in [1.82, 2.24) is 10.2 Å². The second-order valence-electron chi connectivity index (χ2n) is 6.81. The van der Waals surface area contributed by atoms with Crippen molar-refractivity contribution in [2.45, 2.75) is 20.3 Å². The number of amides is 1. The number of morpholine rings is 1. The molecule has 7 nitrogen and oxygen atoms in total. The lowest BCUT2D eigenvalue weighted by Crippen LogP contribution is -2.41. The first-order chi connectivity index (χ1) is 13.0. The summed E-state index contributed by atoms with van der Waals surface area (Å²) in [5.41, 5.74) is 2.03. The maximum atomic E-state index is 12.4. The number of aryl methyl sites for hydroxylation is 2. The highest BCUT2D eigenvalue weighted by Gasteiger charge is 2.18. The summed E-state index contributed by atoms with van der Waals surface area (Å²) in [6, 6.07) is 3.69. The van der Waals surface area contributed by atoms with Crippen LogP contribution in [0.25, 0.3) is 11.0 Å². The molecule has 1 N–H and O–H groups in total. The Labute approximate surface area is 158 Å². The first-order valence-corrected chi connectivity index (χ1v) is 9.17. The zero-order valence-corrected chi connectivity index (χ0v) is 16.1. The molecule has 2 aromatic rings. The van der Waals surface area contributed by atoms with Crippen LogP contribution >= 0.6 is 0 Å². The SMILES string of the molecule is COc1cc(C)cc2oc(=O)c(CC(=O)NCCN3CCOCC3)c(C)c12. The molecule has 2 heterocycles. The van der Waals surface area contributed by atoms with Gasteiger partial charge in [-0.15, -0.1) is 0 Å². The molecule has 0 bridgehead atoms. The van der Waals surface area contributed by atoms with Crippen molar-refractivity contribution in [3.63, 3.8) is 0 Å². The van der Waals surface area contributed by atoms with E-state index < -0.39 is 5.63 Å². The van der Waals surface area contributed by atoms with E-state index in [0.29, 0.717) is 23.4 Å². The Hall–Kier alpha value is -2.38. The van der Waals surface area contributed by atoms with Crippen LogP contribution in [0.1, 0.15) is 16.7 Å². The van der Waals surface area contributed by atoms with Gasteiger partial charge in [0.15, 0.2) is 0 Å². The van der Waals surface area contributed by atoms with Crippen molar-refractivity contribution in [2.75, 3.05) is 46.5 Å². The summed E-state index contributed by atoms with van der Waals surface area (Å²) in [5, 5.41) is 3.62. The van der Waals surface area contributed by atoms with Gasteiger partial charge >= 0.3 is 5.63 Å². The zero-order valence-electron chi connectivity index (χ0n) is 16.1. The van der Waals surface area contributed by atoms with Gasteiger partial charge in [-0.2, -0.15) is 0 Å². The van der Waals surface area contributed by atoms with Crippen LogP contribution in [-0.2, 0) is 16.0 Å². The van der Waals surface area contributed by atoms with Gasteiger partial charge in [0.2, 0.25) is 5.91 Å². The van der Waals surface area contributed by atoms with Crippen molar-refractivity contribution in [2.24, 2.45) is 0 Å². The molecule has 1 fully saturated rings. The third kappa shape index (κ3) is 4.48. The molecular formula is C20H26N2O5. The first kappa shape index (κ1) is 19.4. The summed E-state index contributed by atoms with van der Waals surface area (Å²) in [6.07, 6.45) is -0.00967. The molecule has 1 aliphatic rings. The molecule has 1 amide bonds. The molecule has 1 aromatic heterocycles. The smallest absolute Gasteiger partial charge is 0.340 e. The fourth-order valence-corrected chi connectivity index (χ4v) is 3.40. The summed E-state index contributed by atoms with van der Waals surface area (Å²) in [6.45, 7) is 8.26. The Morgan fingerprint density at radius 3 is 2.70 bits per heavy atom. The Morgan fingerprint density at radius 1 is 1.26 bits per heavy atom. The average Bonchev–Trinajstić information content (AvgIpc) is 2.65. The summed E-state index contributed by atoms with van der Waals surface area (Å²) in [7, 11) is 1.58. The first-order valence-electron chi connectivity index (χ1n) is 9.17. The van der Waals surface area contributed by atoms with Crippen molar-refractivity contribution in [3.05, 3.63) is 39.2 Å². The lowest BCUT2D eigenvalue weighted by molar-refractivity contribution is -0.120. The predicted molar refractivity (Wildman–Crippen MR) is 102 cm³/mol. The van der Waals surface area contributed by atoms with Gasteiger partial charge in [0.25, 0.3) is 0 Å². The Kier molecular flexibility index (Phi) is 6.13. The Morgan fingerprint density at radius 2 is 2.00 bits per heavy atom. The molecule has 0 saturated carbocycles. The molecule has 1 aromatic carbocycles. The second-order valence-corrected chi connectivity index (χ2v) is 6.81. The molecule has 7 heteroatoms. The number of carbonyl (C=O) groups excluding carboxylic acids is 1. The van der Waals surface area contributed by atoms with Crippen LogP contribution in [0.15, 0.2) is 21.3 Å². The predicted octanol–water partition coefficient (Wildman–Crippen LogP) is 1.41. The van der Waals surface area contributed by atoms with Crippen molar-refractivity contribution in [1.29, 1.82) is 0 Å². The standard InChI is InChI=1S/C20H26N2O5/c1-13-10-16(25-3)19-14(2)15(20(24)27-17(19)11-13)12-18(23)21-4-5-22-6-8-26-9-7-22/h10-11H,4-9,12H2,1-3H3,(H,21,23). The van der Waals surface area contributed by atoms with E-state index in [4.69, 9.17) is 13.9 Å². The Balaban J connectivity index is 1.73. The summed E-state index contributed by atoms with van der Waals surface area (Å²) in [5.74, 6) is 0.448. The van der Waals surface area contributed by atoms with Crippen LogP contribution in [0, 0.1) is 13.8 Å². The van der Waals surface area contributed by atoms with E-state index >= 15 is 0 Å². The van der Waals surface area contributed by atoms with E-state index in [1.165, 1.54) is 0 Å². The number of benzene rings is 1. The number of carbonyl (C=O) groups is 1. The molecule has 0 atom stereocenters. The maximum Gasteiger partial charge on any atom is 0.340 e. The number of fused-ring (bicyclic) bond motifs is 1. The minimum absolute atomic E-state index is 0.00967. The second kappa shape index (κ2) is 8.54. The molecule has 27 heavy (non-hydrogen) atoms. The largest absolute Gasteiger partial charge is 0.496 e. The molecular weight excluding hydrogens is 348 g/mol. The number of ether oxygens (including phenoxy) is 2. The van der Waals surface area contributed by atoms with Crippen molar-refractivity contribution < 1.29 is 18.7 Å². The lowest BCUT2D eigenvalue weighted by atomic mass is 10.0. The minimum atomic E-state index is -0.476. The lowest BCUT2D eigenvalue weighted by Gasteiger charge is -2.26.